The van der Waals surface area contributed by atoms with Gasteiger partial charge in [-0.15, -0.1) is 5.10 Å². The van der Waals surface area contributed by atoms with Crippen molar-refractivity contribution in [3.8, 4) is 17.4 Å². The summed E-state index contributed by atoms with van der Waals surface area (Å²) in [4.78, 5) is 13.7. The first kappa shape index (κ1) is 18.6. The first-order valence-corrected chi connectivity index (χ1v) is 8.74. The number of amides is 1. The third kappa shape index (κ3) is 3.54. The second-order valence-corrected chi connectivity index (χ2v) is 6.47. The molecule has 2 N–H and O–H groups in total. The number of hydrogen-bond acceptors (Lipinski definition) is 6. The number of benzene rings is 2. The second-order valence-electron chi connectivity index (χ2n) is 6.47. The van der Waals surface area contributed by atoms with Crippen LogP contribution in [0.5, 0.6) is 17.4 Å². The molecule has 0 fully saturated rings. The van der Waals surface area contributed by atoms with Gasteiger partial charge in [0.25, 0.3) is 0 Å². The molecule has 0 bridgehead atoms. The van der Waals surface area contributed by atoms with Crippen LogP contribution in [0.1, 0.15) is 24.1 Å². The SMILES string of the molecule is CC1c2c(F)cc(Oc3cccnn3)cc2OC(=O)N1Cc1cccc(N)c1F. The molecule has 7 nitrogen and oxygen atoms in total. The van der Waals surface area contributed by atoms with Crippen LogP contribution in [0.2, 0.25) is 0 Å². The molecular weight excluding hydrogens is 382 g/mol. The van der Waals surface area contributed by atoms with Gasteiger partial charge in [0.2, 0.25) is 5.88 Å². The van der Waals surface area contributed by atoms with E-state index in [4.69, 9.17) is 15.2 Å². The molecule has 9 heteroatoms. The molecule has 0 saturated heterocycles. The van der Waals surface area contributed by atoms with E-state index in [1.165, 1.54) is 35.4 Å². The van der Waals surface area contributed by atoms with Gasteiger partial charge in [-0.2, -0.15) is 5.10 Å². The predicted octanol–water partition coefficient (Wildman–Crippen LogP) is 4.20. The second kappa shape index (κ2) is 7.34. The van der Waals surface area contributed by atoms with Gasteiger partial charge in [0, 0.05) is 30.0 Å². The van der Waals surface area contributed by atoms with E-state index in [0.29, 0.717) is 0 Å². The number of nitrogen functional groups attached to an aromatic ring is 1. The quantitative estimate of drug-likeness (QED) is 0.662. The lowest BCUT2D eigenvalue weighted by molar-refractivity contribution is 0.114. The van der Waals surface area contributed by atoms with Crippen molar-refractivity contribution in [2.75, 3.05) is 5.73 Å². The van der Waals surface area contributed by atoms with Gasteiger partial charge in [0.05, 0.1) is 23.8 Å². The first-order valence-electron chi connectivity index (χ1n) is 8.74. The molecule has 0 radical (unpaired) electrons. The largest absolute Gasteiger partial charge is 0.437 e. The molecule has 1 unspecified atom stereocenters. The summed E-state index contributed by atoms with van der Waals surface area (Å²) in [5.74, 6) is -0.936. The van der Waals surface area contributed by atoms with Gasteiger partial charge in [-0.25, -0.2) is 13.6 Å². The normalized spacial score (nSPS) is 15.6. The molecule has 29 heavy (non-hydrogen) atoms. The van der Waals surface area contributed by atoms with Crippen molar-refractivity contribution in [3.05, 3.63) is 71.4 Å². The summed E-state index contributed by atoms with van der Waals surface area (Å²) >= 11 is 0. The van der Waals surface area contributed by atoms with E-state index in [9.17, 15) is 13.6 Å². The van der Waals surface area contributed by atoms with E-state index >= 15 is 0 Å². The minimum absolute atomic E-state index is 0.0297. The molecule has 0 spiro atoms. The zero-order valence-corrected chi connectivity index (χ0v) is 15.3. The highest BCUT2D eigenvalue weighted by molar-refractivity contribution is 5.75. The van der Waals surface area contributed by atoms with Crippen LogP contribution >= 0.6 is 0 Å². The van der Waals surface area contributed by atoms with Crippen LogP contribution in [-0.2, 0) is 6.54 Å². The number of fused-ring (bicyclic) bond motifs is 1. The molecule has 3 aromatic rings. The lowest BCUT2D eigenvalue weighted by Crippen LogP contribution is -2.40. The average molecular weight is 398 g/mol. The Kier molecular flexibility index (Phi) is 4.71. The third-order valence-corrected chi connectivity index (χ3v) is 4.60. The Hall–Kier alpha value is -3.75. The standard InChI is InChI=1S/C20H16F2N4O3/c1-11-18-14(21)8-13(28-17-6-3-7-24-25-17)9-16(18)29-20(27)26(11)10-12-4-2-5-15(23)19(12)22/h2-9,11H,10,23H2,1H3. The zero-order valence-electron chi connectivity index (χ0n) is 15.3. The first-order chi connectivity index (χ1) is 13.9. The highest BCUT2D eigenvalue weighted by atomic mass is 19.1. The Morgan fingerprint density at radius 1 is 1.24 bits per heavy atom. The van der Waals surface area contributed by atoms with Gasteiger partial charge >= 0.3 is 6.09 Å². The van der Waals surface area contributed by atoms with Crippen LogP contribution in [0.3, 0.4) is 0 Å². The van der Waals surface area contributed by atoms with E-state index in [2.05, 4.69) is 10.2 Å². The Morgan fingerprint density at radius 3 is 2.83 bits per heavy atom. The summed E-state index contributed by atoms with van der Waals surface area (Å²) in [6.07, 6.45) is 0.740. The maximum absolute atomic E-state index is 14.8. The Labute approximate surface area is 164 Å². The molecule has 1 atom stereocenters. The van der Waals surface area contributed by atoms with Crippen LogP contribution in [0, 0.1) is 11.6 Å². The molecule has 1 amide bonds. The Bertz CT molecular complexity index is 1080. The molecule has 0 saturated carbocycles. The van der Waals surface area contributed by atoms with E-state index in [1.54, 1.807) is 25.1 Å². The predicted molar refractivity (Wildman–Crippen MR) is 99.3 cm³/mol. The van der Waals surface area contributed by atoms with Crippen molar-refractivity contribution < 1.29 is 23.0 Å². The summed E-state index contributed by atoms with van der Waals surface area (Å²) < 4.78 is 39.8. The highest BCUT2D eigenvalue weighted by Crippen LogP contribution is 2.40. The van der Waals surface area contributed by atoms with Gasteiger partial charge < -0.3 is 15.2 Å². The van der Waals surface area contributed by atoms with Crippen molar-refractivity contribution >= 4 is 11.8 Å². The van der Waals surface area contributed by atoms with E-state index in [1.807, 2.05) is 0 Å². The van der Waals surface area contributed by atoms with Crippen LogP contribution in [0.25, 0.3) is 0 Å². The van der Waals surface area contributed by atoms with Crippen molar-refractivity contribution in [1.29, 1.82) is 0 Å². The number of carbonyl (C=O) groups excluding carboxylic acids is 1. The topological polar surface area (TPSA) is 90.6 Å². The zero-order chi connectivity index (χ0) is 20.5. The van der Waals surface area contributed by atoms with Gasteiger partial charge in [-0.05, 0) is 19.1 Å². The number of carbonyl (C=O) groups is 1. The molecule has 148 valence electrons. The monoisotopic (exact) mass is 398 g/mol. The molecule has 1 aliphatic heterocycles. The summed E-state index contributed by atoms with van der Waals surface area (Å²) in [6, 6.07) is 9.56. The molecule has 1 aromatic heterocycles. The van der Waals surface area contributed by atoms with Gasteiger partial charge in [-0.3, -0.25) is 4.90 Å². The number of hydrogen-bond donors (Lipinski definition) is 1. The maximum Gasteiger partial charge on any atom is 0.416 e. The molecule has 1 aliphatic rings. The number of nitrogens with zero attached hydrogens (tertiary/aromatic N) is 3. The molecular formula is C20H16F2N4O3. The lowest BCUT2D eigenvalue weighted by atomic mass is 10.0. The Balaban J connectivity index is 1.63. The average Bonchev–Trinajstić information content (AvgIpc) is 2.68. The minimum atomic E-state index is -0.733. The van der Waals surface area contributed by atoms with Gasteiger partial charge in [0.15, 0.2) is 5.82 Å². The highest BCUT2D eigenvalue weighted by Gasteiger charge is 2.35. The number of rotatable bonds is 4. The van der Waals surface area contributed by atoms with Crippen LogP contribution in [0.15, 0.2) is 48.7 Å². The van der Waals surface area contributed by atoms with Gasteiger partial charge in [0.1, 0.15) is 17.3 Å². The van der Waals surface area contributed by atoms with Gasteiger partial charge in [-0.1, -0.05) is 12.1 Å². The van der Waals surface area contributed by atoms with Crippen molar-refractivity contribution in [1.82, 2.24) is 15.1 Å². The third-order valence-electron chi connectivity index (χ3n) is 4.60. The minimum Gasteiger partial charge on any atom is -0.437 e. The van der Waals surface area contributed by atoms with E-state index < -0.39 is 23.8 Å². The van der Waals surface area contributed by atoms with E-state index in [-0.39, 0.29) is 40.7 Å². The number of aromatic nitrogens is 2. The fourth-order valence-corrected chi connectivity index (χ4v) is 3.15. The molecule has 2 aromatic carbocycles. The molecule has 2 heterocycles. The van der Waals surface area contributed by atoms with Crippen molar-refractivity contribution in [2.24, 2.45) is 0 Å². The van der Waals surface area contributed by atoms with E-state index in [0.717, 1.165) is 0 Å². The molecule has 4 rings (SSSR count). The summed E-state index contributed by atoms with van der Waals surface area (Å²) in [5.41, 5.74) is 5.93. The fraction of sp³-hybridized carbons (Fsp3) is 0.150. The van der Waals surface area contributed by atoms with Crippen LogP contribution < -0.4 is 15.2 Å². The number of anilines is 1. The molecule has 0 aliphatic carbocycles. The van der Waals surface area contributed by atoms with Crippen molar-refractivity contribution in [2.45, 2.75) is 19.5 Å². The lowest BCUT2D eigenvalue weighted by Gasteiger charge is -2.34. The number of nitrogens with two attached hydrogens (primary N) is 1. The van der Waals surface area contributed by atoms with Crippen LogP contribution in [0.4, 0.5) is 19.3 Å². The smallest absolute Gasteiger partial charge is 0.416 e. The van der Waals surface area contributed by atoms with Crippen LogP contribution in [-0.4, -0.2) is 21.2 Å². The summed E-state index contributed by atoms with van der Waals surface area (Å²) in [6.45, 7) is 1.52. The fourth-order valence-electron chi connectivity index (χ4n) is 3.15. The summed E-state index contributed by atoms with van der Waals surface area (Å²) in [7, 11) is 0. The maximum atomic E-state index is 14.8. The van der Waals surface area contributed by atoms with Crippen molar-refractivity contribution in [3.63, 3.8) is 0 Å². The number of ether oxygens (including phenoxy) is 2. The number of halogens is 2. The Morgan fingerprint density at radius 2 is 2.07 bits per heavy atom. The summed E-state index contributed by atoms with van der Waals surface area (Å²) in [5, 5.41) is 7.44.